The Hall–Kier alpha value is -0.0436. The van der Waals surface area contributed by atoms with Crippen LogP contribution >= 0.6 is 0 Å². The van der Waals surface area contributed by atoms with Crippen LogP contribution in [0.5, 0.6) is 0 Å². The molecule has 2 aromatic rings. The Bertz CT molecular complexity index is 876. The normalized spacial score (nSPS) is 12.1. The van der Waals surface area contributed by atoms with E-state index in [0.29, 0.717) is 6.07 Å². The Morgan fingerprint density at radius 3 is 2.15 bits per heavy atom. The van der Waals surface area contributed by atoms with Gasteiger partial charge in [0.15, 0.2) is 0 Å². The van der Waals surface area contributed by atoms with Gasteiger partial charge in [-0.1, -0.05) is 6.07 Å². The molecule has 2 aromatic carbocycles. The zero-order valence-corrected chi connectivity index (χ0v) is 15.0. The molecule has 0 saturated heterocycles. The molecule has 10 heteroatoms. The standard InChI is InChI=1S/C10H9NO6S2.K/c11-7-2-1-6-3-8(18(12,13)14)5-10(9(6)4-7)19(15,16)17;/h1-5H,11H2,(H,12,13,14)(H,15,16,17);/q;+1/p-1. The van der Waals surface area contributed by atoms with Crippen molar-refractivity contribution in [2.75, 3.05) is 5.73 Å². The molecule has 0 bridgehead atoms. The molecule has 0 saturated carbocycles. The fraction of sp³-hybridized carbons (Fsp3) is 0. The predicted octanol–water partition coefficient (Wildman–Crippen LogP) is -2.42. The molecule has 0 atom stereocenters. The van der Waals surface area contributed by atoms with Gasteiger partial charge in [0, 0.05) is 11.1 Å². The van der Waals surface area contributed by atoms with Gasteiger partial charge in [-0.15, -0.1) is 0 Å². The van der Waals surface area contributed by atoms with Crippen LogP contribution in [0.15, 0.2) is 40.1 Å². The topological polar surface area (TPSA) is 138 Å². The van der Waals surface area contributed by atoms with E-state index < -0.39 is 30.0 Å². The van der Waals surface area contributed by atoms with Crippen molar-refractivity contribution in [2.24, 2.45) is 0 Å². The monoisotopic (exact) mass is 341 g/mol. The minimum absolute atomic E-state index is 0. The van der Waals surface area contributed by atoms with Crippen molar-refractivity contribution in [3.63, 3.8) is 0 Å². The summed E-state index contributed by atoms with van der Waals surface area (Å²) in [6, 6.07) is 5.66. The Morgan fingerprint density at radius 1 is 1.05 bits per heavy atom. The van der Waals surface area contributed by atoms with E-state index in [1.807, 2.05) is 0 Å². The summed E-state index contributed by atoms with van der Waals surface area (Å²) in [4.78, 5) is -1.41. The Balaban J connectivity index is 0.00000200. The van der Waals surface area contributed by atoms with Crippen molar-refractivity contribution in [1.82, 2.24) is 0 Å². The van der Waals surface area contributed by atoms with Crippen LogP contribution in [0.25, 0.3) is 10.8 Å². The van der Waals surface area contributed by atoms with Crippen molar-refractivity contribution in [1.29, 1.82) is 0 Å². The molecular formula is C10H8KNO6S2. The number of nitrogens with two attached hydrogens (primary N) is 1. The van der Waals surface area contributed by atoms with E-state index in [-0.39, 0.29) is 67.8 Å². The molecule has 0 aliphatic carbocycles. The number of rotatable bonds is 2. The summed E-state index contributed by atoms with van der Waals surface area (Å²) < 4.78 is 64.5. The minimum Gasteiger partial charge on any atom is -0.744 e. The van der Waals surface area contributed by atoms with Crippen LogP contribution in [0.1, 0.15) is 0 Å². The van der Waals surface area contributed by atoms with Crippen LogP contribution in [-0.4, -0.2) is 25.9 Å². The first-order chi connectivity index (χ1) is 8.59. The van der Waals surface area contributed by atoms with Gasteiger partial charge in [-0.25, -0.2) is 8.42 Å². The smallest absolute Gasteiger partial charge is 0.744 e. The van der Waals surface area contributed by atoms with E-state index >= 15 is 0 Å². The summed E-state index contributed by atoms with van der Waals surface area (Å²) in [5.41, 5.74) is 5.74. The van der Waals surface area contributed by atoms with Gasteiger partial charge in [-0.3, -0.25) is 4.55 Å². The van der Waals surface area contributed by atoms with E-state index in [1.54, 1.807) is 0 Å². The van der Waals surface area contributed by atoms with Crippen molar-refractivity contribution in [2.45, 2.75) is 9.79 Å². The van der Waals surface area contributed by atoms with E-state index in [2.05, 4.69) is 0 Å². The molecule has 0 amide bonds. The second-order valence-electron chi connectivity index (χ2n) is 3.83. The molecule has 0 aliphatic rings. The van der Waals surface area contributed by atoms with Crippen molar-refractivity contribution in [3.8, 4) is 0 Å². The number of benzene rings is 2. The first kappa shape index (κ1) is 18.0. The Morgan fingerprint density at radius 2 is 1.65 bits per heavy atom. The summed E-state index contributed by atoms with van der Waals surface area (Å²) >= 11 is 0. The van der Waals surface area contributed by atoms with E-state index in [9.17, 15) is 21.4 Å². The van der Waals surface area contributed by atoms with Crippen LogP contribution in [0.4, 0.5) is 5.69 Å². The zero-order valence-electron chi connectivity index (χ0n) is 10.3. The van der Waals surface area contributed by atoms with Gasteiger partial charge in [0.1, 0.15) is 15.0 Å². The van der Waals surface area contributed by atoms with Crippen LogP contribution in [-0.2, 0) is 20.2 Å². The molecule has 20 heavy (non-hydrogen) atoms. The third-order valence-electron chi connectivity index (χ3n) is 2.48. The van der Waals surface area contributed by atoms with Crippen LogP contribution < -0.4 is 57.1 Å². The second-order valence-corrected chi connectivity index (χ2v) is 6.60. The van der Waals surface area contributed by atoms with Gasteiger partial charge in [0.2, 0.25) is 0 Å². The number of hydrogen-bond donors (Lipinski definition) is 2. The molecule has 2 rings (SSSR count). The van der Waals surface area contributed by atoms with E-state index in [0.717, 1.165) is 6.07 Å². The van der Waals surface area contributed by atoms with Gasteiger partial charge < -0.3 is 10.3 Å². The van der Waals surface area contributed by atoms with Crippen LogP contribution in [0.3, 0.4) is 0 Å². The minimum atomic E-state index is -4.84. The summed E-state index contributed by atoms with van der Waals surface area (Å²) in [6.07, 6.45) is 0. The molecular weight excluding hydrogens is 333 g/mol. The molecule has 7 nitrogen and oxygen atoms in total. The summed E-state index contributed by atoms with van der Waals surface area (Å²) in [5.74, 6) is 0. The average molecular weight is 341 g/mol. The first-order valence-electron chi connectivity index (χ1n) is 4.86. The first-order valence-corrected chi connectivity index (χ1v) is 7.70. The number of nitrogen functional groups attached to an aromatic ring is 1. The molecule has 102 valence electrons. The molecule has 3 N–H and O–H groups in total. The molecule has 0 aliphatic heterocycles. The van der Waals surface area contributed by atoms with Crippen molar-refractivity contribution >= 4 is 36.7 Å². The average Bonchev–Trinajstić information content (AvgIpc) is 2.24. The molecule has 0 radical (unpaired) electrons. The second kappa shape index (κ2) is 5.99. The Labute approximate surface area is 158 Å². The molecule has 0 aromatic heterocycles. The quantitative estimate of drug-likeness (QED) is 0.352. The van der Waals surface area contributed by atoms with Crippen molar-refractivity contribution in [3.05, 3.63) is 30.3 Å². The van der Waals surface area contributed by atoms with Crippen LogP contribution in [0, 0.1) is 0 Å². The fourth-order valence-electron chi connectivity index (χ4n) is 1.67. The molecule has 0 fully saturated rings. The van der Waals surface area contributed by atoms with E-state index in [4.69, 9.17) is 10.3 Å². The molecule has 0 unspecified atom stereocenters. The van der Waals surface area contributed by atoms with Gasteiger partial charge in [-0.05, 0) is 29.7 Å². The maximum atomic E-state index is 11.3. The molecule has 0 spiro atoms. The maximum absolute atomic E-state index is 11.3. The predicted molar refractivity (Wildman–Crippen MR) is 66.1 cm³/mol. The SMILES string of the molecule is Nc1ccc2cc(S(=O)(=O)[O-])cc(S(=O)(=O)O)c2c1.[K+]. The summed E-state index contributed by atoms with van der Waals surface area (Å²) in [5, 5.41) is 0.202. The van der Waals surface area contributed by atoms with Gasteiger partial charge in [0.05, 0.1) is 4.90 Å². The van der Waals surface area contributed by atoms with Gasteiger partial charge in [0.25, 0.3) is 10.1 Å². The number of hydrogen-bond acceptors (Lipinski definition) is 6. The summed E-state index contributed by atoms with van der Waals surface area (Å²) in [7, 11) is -9.53. The summed E-state index contributed by atoms with van der Waals surface area (Å²) in [6.45, 7) is 0. The Kier molecular flexibility index (Phi) is 5.39. The maximum Gasteiger partial charge on any atom is 1.00 e. The fourth-order valence-corrected chi connectivity index (χ4v) is 3.01. The van der Waals surface area contributed by atoms with Gasteiger partial charge >= 0.3 is 51.4 Å². The van der Waals surface area contributed by atoms with Crippen molar-refractivity contribution < 1.29 is 77.3 Å². The van der Waals surface area contributed by atoms with E-state index in [1.165, 1.54) is 18.2 Å². The van der Waals surface area contributed by atoms with Gasteiger partial charge in [-0.2, -0.15) is 8.42 Å². The third kappa shape index (κ3) is 3.78. The number of fused-ring (bicyclic) bond motifs is 1. The number of anilines is 1. The largest absolute Gasteiger partial charge is 1.00 e. The zero-order chi connectivity index (χ0) is 14.4. The third-order valence-corrected chi connectivity index (χ3v) is 4.19. The molecule has 0 heterocycles. The van der Waals surface area contributed by atoms with Crippen LogP contribution in [0.2, 0.25) is 0 Å².